The molecule has 0 bridgehead atoms. The number of fused-ring (bicyclic) bond motifs is 1. The SMILES string of the molecule is Cc1cc(Nc2nccn3c(-c4ccc(OCC#N)c(F)c4Cl)cnc23)ccc1C(=O)N1CCC(C(=O)N2CCN[C@@H](CO)C2)CC1. The zero-order valence-electron chi connectivity index (χ0n) is 25.7. The number of halogens is 2. The minimum absolute atomic E-state index is 0.00377. The molecule has 2 fully saturated rings. The summed E-state index contributed by atoms with van der Waals surface area (Å²) in [7, 11) is 0. The monoisotopic (exact) mass is 660 g/mol. The van der Waals surface area contributed by atoms with E-state index in [9.17, 15) is 19.1 Å². The molecule has 14 heteroatoms. The number of imidazole rings is 1. The summed E-state index contributed by atoms with van der Waals surface area (Å²) < 4.78 is 21.7. The molecule has 2 aliphatic rings. The number of hydrogen-bond donors (Lipinski definition) is 3. The topological polar surface area (TPSA) is 148 Å². The van der Waals surface area contributed by atoms with Crippen LogP contribution in [0.15, 0.2) is 48.9 Å². The normalized spacial score (nSPS) is 17.0. The molecule has 0 spiro atoms. The number of aliphatic hydroxyl groups is 1. The summed E-state index contributed by atoms with van der Waals surface area (Å²) in [5.74, 6) is -0.527. The summed E-state index contributed by atoms with van der Waals surface area (Å²) in [5, 5.41) is 24.5. The molecule has 2 aromatic heterocycles. The number of aromatic nitrogens is 3. The van der Waals surface area contributed by atoms with Gasteiger partial charge in [-0.25, -0.2) is 14.4 Å². The molecule has 4 aromatic rings. The van der Waals surface area contributed by atoms with Gasteiger partial charge in [0.15, 0.2) is 29.6 Å². The van der Waals surface area contributed by atoms with Gasteiger partial charge in [0.1, 0.15) is 6.07 Å². The van der Waals surface area contributed by atoms with Crippen molar-refractivity contribution in [3.05, 3.63) is 70.9 Å². The lowest BCUT2D eigenvalue weighted by molar-refractivity contribution is -0.138. The van der Waals surface area contributed by atoms with Gasteiger partial charge >= 0.3 is 0 Å². The van der Waals surface area contributed by atoms with Crippen molar-refractivity contribution in [2.45, 2.75) is 25.8 Å². The number of amides is 2. The van der Waals surface area contributed by atoms with Gasteiger partial charge in [-0.2, -0.15) is 5.26 Å². The number of benzene rings is 2. The number of aryl methyl sites for hydroxylation is 1. The van der Waals surface area contributed by atoms with E-state index in [0.717, 1.165) is 5.56 Å². The van der Waals surface area contributed by atoms with Gasteiger partial charge in [-0.3, -0.25) is 14.0 Å². The molecule has 4 heterocycles. The number of nitriles is 1. The molecule has 2 saturated heterocycles. The van der Waals surface area contributed by atoms with Crippen molar-refractivity contribution in [3.8, 4) is 23.1 Å². The van der Waals surface area contributed by atoms with Crippen LogP contribution in [0, 0.1) is 30.0 Å². The lowest BCUT2D eigenvalue weighted by Crippen LogP contribution is -2.56. The molecule has 3 N–H and O–H groups in total. The molecular formula is C33H34ClFN8O4. The van der Waals surface area contributed by atoms with Crippen molar-refractivity contribution in [3.63, 3.8) is 0 Å². The van der Waals surface area contributed by atoms with Crippen LogP contribution in [0.1, 0.15) is 28.8 Å². The van der Waals surface area contributed by atoms with Crippen LogP contribution in [0.2, 0.25) is 5.02 Å². The maximum Gasteiger partial charge on any atom is 0.254 e. The smallest absolute Gasteiger partial charge is 0.254 e. The van der Waals surface area contributed by atoms with Gasteiger partial charge in [0.2, 0.25) is 5.91 Å². The Morgan fingerprint density at radius 3 is 2.74 bits per heavy atom. The molecule has 2 aromatic carbocycles. The molecule has 0 unspecified atom stereocenters. The number of ether oxygens (including phenoxy) is 1. The van der Waals surface area contributed by atoms with E-state index in [2.05, 4.69) is 20.6 Å². The summed E-state index contributed by atoms with van der Waals surface area (Å²) >= 11 is 6.35. The summed E-state index contributed by atoms with van der Waals surface area (Å²) in [6.07, 6.45) is 6.06. The molecule has 244 valence electrons. The second kappa shape index (κ2) is 13.9. The van der Waals surface area contributed by atoms with E-state index in [1.54, 1.807) is 52.2 Å². The number of piperidine rings is 1. The average molecular weight is 661 g/mol. The fraction of sp³-hybridized carbons (Fsp3) is 0.364. The van der Waals surface area contributed by atoms with Crippen LogP contribution in [0.3, 0.4) is 0 Å². The predicted octanol–water partition coefficient (Wildman–Crippen LogP) is 3.79. The lowest BCUT2D eigenvalue weighted by atomic mass is 9.94. The molecule has 6 rings (SSSR count). The second-order valence-corrected chi connectivity index (χ2v) is 12.0. The highest BCUT2D eigenvalue weighted by Gasteiger charge is 2.33. The number of aliphatic hydroxyl groups excluding tert-OH is 1. The maximum absolute atomic E-state index is 14.9. The number of nitrogens with one attached hydrogen (secondary N) is 2. The van der Waals surface area contributed by atoms with Gasteiger partial charge in [-0.1, -0.05) is 11.6 Å². The van der Waals surface area contributed by atoms with E-state index in [-0.39, 0.29) is 47.8 Å². The van der Waals surface area contributed by atoms with Crippen LogP contribution in [0.4, 0.5) is 15.9 Å². The fourth-order valence-corrected chi connectivity index (χ4v) is 6.43. The highest BCUT2D eigenvalue weighted by Crippen LogP contribution is 2.36. The van der Waals surface area contributed by atoms with Crippen LogP contribution in [-0.2, 0) is 4.79 Å². The first-order chi connectivity index (χ1) is 22.8. The number of likely N-dealkylation sites (tertiary alicyclic amines) is 1. The Bertz CT molecular complexity index is 1850. The Hall–Kier alpha value is -4.77. The standard InChI is InChI=1S/C33H34ClFN8O4/c1-20-16-22(2-3-24(20)33(46)41-11-6-21(7-12-41)32(45)42-13-9-37-23(18-42)19-44)40-30-31-39-17-26(43(31)14-10-38-30)25-4-5-27(47-15-8-36)29(35)28(25)34/h2-5,10,14,16-17,21,23,37,44H,6-7,9,11-13,15,18-19H2,1H3,(H,38,40)/t23-/m1/s1. The number of piperazine rings is 1. The first-order valence-corrected chi connectivity index (χ1v) is 15.8. The largest absolute Gasteiger partial charge is 0.476 e. The van der Waals surface area contributed by atoms with Gasteiger partial charge < -0.3 is 30.3 Å². The molecule has 0 saturated carbocycles. The van der Waals surface area contributed by atoms with E-state index < -0.39 is 5.82 Å². The first-order valence-electron chi connectivity index (χ1n) is 15.4. The molecule has 1 atom stereocenters. The Morgan fingerprint density at radius 1 is 1.19 bits per heavy atom. The number of rotatable bonds is 8. The van der Waals surface area contributed by atoms with Crippen molar-refractivity contribution in [2.75, 3.05) is 51.3 Å². The zero-order chi connectivity index (χ0) is 33.1. The second-order valence-electron chi connectivity index (χ2n) is 11.6. The average Bonchev–Trinajstić information content (AvgIpc) is 3.53. The van der Waals surface area contributed by atoms with Gasteiger partial charge in [0.25, 0.3) is 5.91 Å². The third-order valence-electron chi connectivity index (χ3n) is 8.68. The van der Waals surface area contributed by atoms with Crippen LogP contribution >= 0.6 is 11.6 Å². The van der Waals surface area contributed by atoms with Crippen LogP contribution in [0.25, 0.3) is 16.9 Å². The van der Waals surface area contributed by atoms with Gasteiger partial charge in [0, 0.05) is 73.9 Å². The Labute approximate surface area is 275 Å². The minimum atomic E-state index is -0.767. The molecule has 2 aliphatic heterocycles. The van der Waals surface area contributed by atoms with E-state index >= 15 is 0 Å². The van der Waals surface area contributed by atoms with E-state index in [4.69, 9.17) is 21.6 Å². The first kappa shape index (κ1) is 32.2. The summed E-state index contributed by atoms with van der Waals surface area (Å²) in [6.45, 7) is 4.37. The van der Waals surface area contributed by atoms with E-state index in [1.165, 1.54) is 6.07 Å². The number of hydrogen-bond acceptors (Lipinski definition) is 9. The van der Waals surface area contributed by atoms with Crippen molar-refractivity contribution in [1.82, 2.24) is 29.5 Å². The quantitative estimate of drug-likeness (QED) is 0.257. The third-order valence-corrected chi connectivity index (χ3v) is 9.05. The van der Waals surface area contributed by atoms with Crippen LogP contribution < -0.4 is 15.4 Å². The van der Waals surface area contributed by atoms with Crippen molar-refractivity contribution in [2.24, 2.45) is 5.92 Å². The highest BCUT2D eigenvalue weighted by molar-refractivity contribution is 6.33. The molecule has 12 nitrogen and oxygen atoms in total. The van der Waals surface area contributed by atoms with Gasteiger partial charge in [0.05, 0.1) is 23.5 Å². The van der Waals surface area contributed by atoms with Crippen LogP contribution in [-0.4, -0.2) is 93.1 Å². The van der Waals surface area contributed by atoms with Gasteiger partial charge in [-0.05, 0) is 55.7 Å². The van der Waals surface area contributed by atoms with E-state index in [1.807, 2.05) is 17.9 Å². The minimum Gasteiger partial charge on any atom is -0.476 e. The lowest BCUT2D eigenvalue weighted by Gasteiger charge is -2.38. The van der Waals surface area contributed by atoms with Gasteiger partial charge in [-0.15, -0.1) is 0 Å². The Morgan fingerprint density at radius 2 is 2.00 bits per heavy atom. The molecule has 2 amide bonds. The maximum atomic E-state index is 14.9. The number of carbonyl (C=O) groups is 2. The van der Waals surface area contributed by atoms with Crippen molar-refractivity contribution in [1.29, 1.82) is 5.26 Å². The Balaban J connectivity index is 1.13. The molecular weight excluding hydrogens is 627 g/mol. The number of carbonyl (C=O) groups excluding carboxylic acids is 2. The predicted molar refractivity (Wildman–Crippen MR) is 173 cm³/mol. The van der Waals surface area contributed by atoms with E-state index in [0.29, 0.717) is 79.5 Å². The number of nitrogens with zero attached hydrogens (tertiary/aromatic N) is 6. The zero-order valence-corrected chi connectivity index (χ0v) is 26.5. The summed E-state index contributed by atoms with van der Waals surface area (Å²) in [6, 6.07) is 10.2. The summed E-state index contributed by atoms with van der Waals surface area (Å²) in [4.78, 5) is 39.1. The summed E-state index contributed by atoms with van der Waals surface area (Å²) in [5.41, 5.74) is 3.48. The fourth-order valence-electron chi connectivity index (χ4n) is 6.18. The Kier molecular flexibility index (Phi) is 9.53. The van der Waals surface area contributed by atoms with Crippen molar-refractivity contribution >= 4 is 40.6 Å². The van der Waals surface area contributed by atoms with Crippen LogP contribution in [0.5, 0.6) is 5.75 Å². The third kappa shape index (κ3) is 6.58. The molecule has 0 radical (unpaired) electrons. The highest BCUT2D eigenvalue weighted by atomic mass is 35.5. The van der Waals surface area contributed by atoms with Crippen molar-refractivity contribution < 1.29 is 23.8 Å². The molecule has 0 aliphatic carbocycles. The molecule has 47 heavy (non-hydrogen) atoms. The number of anilines is 2.